The molecular formula is C27H24S2. The van der Waals surface area contributed by atoms with Crippen LogP contribution in [0.4, 0.5) is 0 Å². The minimum absolute atomic E-state index is 1.10. The average Bonchev–Trinajstić information content (AvgIpc) is 3.34. The van der Waals surface area contributed by atoms with Crippen LogP contribution in [-0.2, 0) is 6.42 Å². The second kappa shape index (κ2) is 7.12. The SMILES string of the molecule is CCc1ccc(-c2cc3cc4cc(C)c(-c5ccc(C)s5)cc4cc3cc2C)s1. The molecule has 0 N–H and O–H groups in total. The summed E-state index contributed by atoms with van der Waals surface area (Å²) in [5, 5.41) is 5.29. The molecule has 0 atom stereocenters. The molecule has 0 fully saturated rings. The van der Waals surface area contributed by atoms with Crippen molar-refractivity contribution in [3.63, 3.8) is 0 Å². The van der Waals surface area contributed by atoms with E-state index in [0.29, 0.717) is 0 Å². The summed E-state index contributed by atoms with van der Waals surface area (Å²) in [5.74, 6) is 0. The fraction of sp³-hybridized carbons (Fsp3) is 0.185. The molecule has 0 aliphatic heterocycles. The van der Waals surface area contributed by atoms with Crippen LogP contribution in [0.2, 0.25) is 0 Å². The third-order valence-corrected chi connectivity index (χ3v) is 8.06. The van der Waals surface area contributed by atoms with Gasteiger partial charge in [0, 0.05) is 19.5 Å². The van der Waals surface area contributed by atoms with E-state index in [4.69, 9.17) is 0 Å². The lowest BCUT2D eigenvalue weighted by molar-refractivity contribution is 1.19. The molecule has 2 heteroatoms. The van der Waals surface area contributed by atoms with Crippen LogP contribution in [0, 0.1) is 20.8 Å². The Morgan fingerprint density at radius 3 is 1.59 bits per heavy atom. The van der Waals surface area contributed by atoms with Gasteiger partial charge < -0.3 is 0 Å². The van der Waals surface area contributed by atoms with Crippen molar-refractivity contribution < 1.29 is 0 Å². The van der Waals surface area contributed by atoms with E-state index < -0.39 is 0 Å². The number of fused-ring (bicyclic) bond motifs is 2. The van der Waals surface area contributed by atoms with Gasteiger partial charge >= 0.3 is 0 Å². The zero-order valence-electron chi connectivity index (χ0n) is 17.3. The van der Waals surface area contributed by atoms with E-state index >= 15 is 0 Å². The molecule has 0 aliphatic rings. The van der Waals surface area contributed by atoms with E-state index in [0.717, 1.165) is 6.42 Å². The van der Waals surface area contributed by atoms with Gasteiger partial charge in [-0.3, -0.25) is 0 Å². The maximum absolute atomic E-state index is 2.38. The maximum atomic E-state index is 2.38. The van der Waals surface area contributed by atoms with Gasteiger partial charge in [0.1, 0.15) is 0 Å². The van der Waals surface area contributed by atoms with Crippen molar-refractivity contribution in [3.05, 3.63) is 81.5 Å². The first-order valence-corrected chi connectivity index (χ1v) is 11.8. The molecule has 0 unspecified atom stereocenters. The quantitative estimate of drug-likeness (QED) is 0.259. The van der Waals surface area contributed by atoms with E-state index in [9.17, 15) is 0 Å². The standard InChI is InChI=1S/C27H24S2/c1-5-23-7-9-27(29-23)25-15-22-13-19-10-16(2)24(26-8-6-18(4)28-26)14-21(19)12-20(22)11-17(25)3/h6-15H,5H2,1-4H3. The Kier molecular flexibility index (Phi) is 4.57. The van der Waals surface area contributed by atoms with Crippen molar-refractivity contribution in [1.29, 1.82) is 0 Å². The third-order valence-electron chi connectivity index (χ3n) is 5.76. The van der Waals surface area contributed by atoms with Gasteiger partial charge in [0.25, 0.3) is 0 Å². The van der Waals surface area contributed by atoms with E-state index in [1.54, 1.807) is 0 Å². The second-order valence-corrected chi connectivity index (χ2v) is 10.4. The van der Waals surface area contributed by atoms with Gasteiger partial charge in [0.2, 0.25) is 0 Å². The van der Waals surface area contributed by atoms with Gasteiger partial charge in [0.05, 0.1) is 0 Å². The summed E-state index contributed by atoms with van der Waals surface area (Å²) in [6.07, 6.45) is 1.10. The fourth-order valence-corrected chi connectivity index (χ4v) is 6.13. The Morgan fingerprint density at radius 1 is 0.586 bits per heavy atom. The van der Waals surface area contributed by atoms with Crippen LogP contribution in [0.1, 0.15) is 27.8 Å². The summed E-state index contributed by atoms with van der Waals surface area (Å²) < 4.78 is 0. The summed E-state index contributed by atoms with van der Waals surface area (Å²) >= 11 is 3.79. The van der Waals surface area contributed by atoms with Crippen LogP contribution < -0.4 is 0 Å². The Labute approximate surface area is 180 Å². The Morgan fingerprint density at radius 2 is 1.10 bits per heavy atom. The summed E-state index contributed by atoms with van der Waals surface area (Å²) in [6.45, 7) is 8.87. The van der Waals surface area contributed by atoms with Crippen molar-refractivity contribution >= 4 is 44.2 Å². The Hall–Kier alpha value is -2.42. The van der Waals surface area contributed by atoms with Crippen molar-refractivity contribution in [2.45, 2.75) is 34.1 Å². The lowest BCUT2D eigenvalue weighted by Gasteiger charge is -2.11. The van der Waals surface area contributed by atoms with E-state index in [-0.39, 0.29) is 0 Å². The highest BCUT2D eigenvalue weighted by Gasteiger charge is 2.10. The Bertz CT molecular complexity index is 1360. The molecule has 0 saturated heterocycles. The van der Waals surface area contributed by atoms with Gasteiger partial charge in [-0.05, 0) is 120 Å². The number of thiophene rings is 2. The molecule has 144 valence electrons. The molecule has 5 aromatic rings. The summed E-state index contributed by atoms with van der Waals surface area (Å²) in [7, 11) is 0. The average molecular weight is 413 g/mol. The lowest BCUT2D eigenvalue weighted by atomic mass is 9.95. The molecule has 5 rings (SSSR count). The molecule has 0 amide bonds. The van der Waals surface area contributed by atoms with Gasteiger partial charge in [-0.1, -0.05) is 19.1 Å². The van der Waals surface area contributed by atoms with Crippen molar-refractivity contribution in [1.82, 2.24) is 0 Å². The highest BCUT2D eigenvalue weighted by atomic mass is 32.1. The minimum Gasteiger partial charge on any atom is -0.141 e. The smallest absolute Gasteiger partial charge is 0.0348 e. The predicted octanol–water partition coefficient (Wildman–Crippen LogP) is 8.94. The second-order valence-electron chi connectivity index (χ2n) is 7.91. The molecule has 0 spiro atoms. The van der Waals surface area contributed by atoms with Crippen LogP contribution in [-0.4, -0.2) is 0 Å². The third kappa shape index (κ3) is 3.31. The summed E-state index contributed by atoms with van der Waals surface area (Å²) in [6, 6.07) is 23.2. The molecule has 0 nitrogen and oxygen atoms in total. The van der Waals surface area contributed by atoms with Gasteiger partial charge in [-0.25, -0.2) is 0 Å². The maximum Gasteiger partial charge on any atom is 0.0348 e. The van der Waals surface area contributed by atoms with Crippen LogP contribution in [0.5, 0.6) is 0 Å². The molecule has 0 saturated carbocycles. The normalized spacial score (nSPS) is 11.6. The van der Waals surface area contributed by atoms with E-state index in [1.165, 1.54) is 63.3 Å². The monoisotopic (exact) mass is 412 g/mol. The molecule has 29 heavy (non-hydrogen) atoms. The Balaban J connectivity index is 1.68. The number of hydrogen-bond donors (Lipinski definition) is 0. The van der Waals surface area contributed by atoms with Gasteiger partial charge in [-0.2, -0.15) is 0 Å². The summed E-state index contributed by atoms with van der Waals surface area (Å²) in [5.41, 5.74) is 5.41. The number of aryl methyl sites for hydroxylation is 4. The van der Waals surface area contributed by atoms with Crippen molar-refractivity contribution in [2.75, 3.05) is 0 Å². The first-order chi connectivity index (χ1) is 14.0. The van der Waals surface area contributed by atoms with E-state index in [1.807, 2.05) is 22.7 Å². The first-order valence-electron chi connectivity index (χ1n) is 10.2. The molecule has 0 aliphatic carbocycles. The number of hydrogen-bond acceptors (Lipinski definition) is 2. The number of rotatable bonds is 3. The van der Waals surface area contributed by atoms with Gasteiger partial charge in [-0.15, -0.1) is 22.7 Å². The van der Waals surface area contributed by atoms with Crippen LogP contribution in [0.25, 0.3) is 42.4 Å². The number of benzene rings is 3. The lowest BCUT2D eigenvalue weighted by Crippen LogP contribution is -1.86. The van der Waals surface area contributed by atoms with Crippen LogP contribution in [0.3, 0.4) is 0 Å². The summed E-state index contributed by atoms with van der Waals surface area (Å²) in [4.78, 5) is 5.55. The highest BCUT2D eigenvalue weighted by Crippen LogP contribution is 2.37. The van der Waals surface area contributed by atoms with E-state index in [2.05, 4.69) is 88.4 Å². The minimum atomic E-state index is 1.10. The van der Waals surface area contributed by atoms with Crippen molar-refractivity contribution in [3.8, 4) is 20.9 Å². The molecular weight excluding hydrogens is 388 g/mol. The van der Waals surface area contributed by atoms with Crippen LogP contribution in [0.15, 0.2) is 60.7 Å². The zero-order valence-corrected chi connectivity index (χ0v) is 18.9. The van der Waals surface area contributed by atoms with Crippen LogP contribution >= 0.6 is 22.7 Å². The topological polar surface area (TPSA) is 0 Å². The predicted molar refractivity (Wildman–Crippen MR) is 132 cm³/mol. The largest absolute Gasteiger partial charge is 0.141 e. The molecule has 2 heterocycles. The molecule has 2 aromatic heterocycles. The first kappa shape index (κ1) is 18.6. The molecule has 0 radical (unpaired) electrons. The fourth-order valence-electron chi connectivity index (χ4n) is 4.15. The zero-order chi connectivity index (χ0) is 20.1. The molecule has 0 bridgehead atoms. The van der Waals surface area contributed by atoms with Crippen molar-refractivity contribution in [2.24, 2.45) is 0 Å². The highest BCUT2D eigenvalue weighted by molar-refractivity contribution is 7.15. The molecule has 3 aromatic carbocycles. The van der Waals surface area contributed by atoms with Gasteiger partial charge in [0.15, 0.2) is 0 Å².